The van der Waals surface area contributed by atoms with E-state index in [1.165, 1.54) is 0 Å². The number of hydrogen-bond acceptors (Lipinski definition) is 3. The quantitative estimate of drug-likeness (QED) is 0.578. The van der Waals surface area contributed by atoms with E-state index in [9.17, 15) is 0 Å². The van der Waals surface area contributed by atoms with Gasteiger partial charge in [-0.05, 0) is 24.8 Å². The molecular formula is C10H23NO2. The molecule has 0 amide bonds. The van der Waals surface area contributed by atoms with Gasteiger partial charge in [-0.1, -0.05) is 20.8 Å². The van der Waals surface area contributed by atoms with Crippen molar-refractivity contribution in [1.29, 1.82) is 0 Å². The lowest BCUT2D eigenvalue weighted by molar-refractivity contribution is 0.196. The van der Waals surface area contributed by atoms with E-state index in [0.717, 1.165) is 13.0 Å². The first-order chi connectivity index (χ1) is 5.99. The molecule has 0 fully saturated rings. The van der Waals surface area contributed by atoms with Crippen molar-refractivity contribution in [3.05, 3.63) is 0 Å². The van der Waals surface area contributed by atoms with Crippen LogP contribution in [-0.2, 0) is 0 Å². The molecule has 0 aromatic carbocycles. The van der Waals surface area contributed by atoms with E-state index in [-0.39, 0.29) is 19.3 Å². The normalized spacial score (nSPS) is 14.5. The molecule has 0 aromatic heterocycles. The van der Waals surface area contributed by atoms with Gasteiger partial charge in [-0.2, -0.15) is 0 Å². The van der Waals surface area contributed by atoms with E-state index in [1.807, 2.05) is 0 Å². The Labute approximate surface area is 81.2 Å². The molecule has 0 aromatic rings. The van der Waals surface area contributed by atoms with Crippen LogP contribution >= 0.6 is 0 Å². The van der Waals surface area contributed by atoms with Gasteiger partial charge < -0.3 is 15.5 Å². The zero-order valence-corrected chi connectivity index (χ0v) is 9.01. The van der Waals surface area contributed by atoms with Crippen molar-refractivity contribution in [2.45, 2.75) is 39.7 Å². The van der Waals surface area contributed by atoms with E-state index in [0.29, 0.717) is 11.8 Å². The molecule has 0 saturated carbocycles. The summed E-state index contributed by atoms with van der Waals surface area (Å²) in [6.45, 7) is 7.70. The SMILES string of the molecule is CC(C)(C)CCNC(CO)CCO. The van der Waals surface area contributed by atoms with Crippen LogP contribution in [0.3, 0.4) is 0 Å². The van der Waals surface area contributed by atoms with Crippen molar-refractivity contribution in [2.75, 3.05) is 19.8 Å². The Kier molecular flexibility index (Phi) is 6.29. The van der Waals surface area contributed by atoms with Crippen LogP contribution in [0.1, 0.15) is 33.6 Å². The molecule has 1 unspecified atom stereocenters. The van der Waals surface area contributed by atoms with E-state index >= 15 is 0 Å². The molecule has 3 nitrogen and oxygen atoms in total. The van der Waals surface area contributed by atoms with Crippen molar-refractivity contribution < 1.29 is 10.2 Å². The van der Waals surface area contributed by atoms with Crippen LogP contribution in [0.25, 0.3) is 0 Å². The van der Waals surface area contributed by atoms with Gasteiger partial charge in [0, 0.05) is 12.6 Å². The lowest BCUT2D eigenvalue weighted by atomic mass is 9.92. The predicted molar refractivity (Wildman–Crippen MR) is 54.7 cm³/mol. The summed E-state index contributed by atoms with van der Waals surface area (Å²) in [6, 6.07) is 0.0485. The fourth-order valence-electron chi connectivity index (χ4n) is 1.07. The van der Waals surface area contributed by atoms with Crippen molar-refractivity contribution in [3.63, 3.8) is 0 Å². The molecule has 3 N–H and O–H groups in total. The van der Waals surface area contributed by atoms with Crippen molar-refractivity contribution >= 4 is 0 Å². The highest BCUT2D eigenvalue weighted by Gasteiger charge is 2.11. The zero-order valence-electron chi connectivity index (χ0n) is 9.01. The number of hydrogen-bond donors (Lipinski definition) is 3. The molecule has 0 rings (SSSR count). The van der Waals surface area contributed by atoms with Gasteiger partial charge in [-0.25, -0.2) is 0 Å². The fraction of sp³-hybridized carbons (Fsp3) is 1.00. The summed E-state index contributed by atoms with van der Waals surface area (Å²) in [4.78, 5) is 0. The second-order valence-corrected chi connectivity index (χ2v) is 4.66. The van der Waals surface area contributed by atoms with Gasteiger partial charge in [-0.15, -0.1) is 0 Å². The summed E-state index contributed by atoms with van der Waals surface area (Å²) < 4.78 is 0. The largest absolute Gasteiger partial charge is 0.396 e. The number of aliphatic hydroxyl groups is 2. The summed E-state index contributed by atoms with van der Waals surface area (Å²) in [5, 5.41) is 20.8. The monoisotopic (exact) mass is 189 g/mol. The maximum Gasteiger partial charge on any atom is 0.0585 e. The molecule has 3 heteroatoms. The average Bonchev–Trinajstić information content (AvgIpc) is 2.01. The van der Waals surface area contributed by atoms with Gasteiger partial charge in [-0.3, -0.25) is 0 Å². The summed E-state index contributed by atoms with van der Waals surface area (Å²) in [6.07, 6.45) is 1.70. The summed E-state index contributed by atoms with van der Waals surface area (Å²) in [5.74, 6) is 0. The van der Waals surface area contributed by atoms with Gasteiger partial charge in [0.1, 0.15) is 0 Å². The van der Waals surface area contributed by atoms with Gasteiger partial charge in [0.2, 0.25) is 0 Å². The number of aliphatic hydroxyl groups excluding tert-OH is 2. The Balaban J connectivity index is 3.49. The first-order valence-electron chi connectivity index (χ1n) is 4.94. The second kappa shape index (κ2) is 6.35. The third-order valence-corrected chi connectivity index (χ3v) is 2.01. The van der Waals surface area contributed by atoms with Crippen LogP contribution < -0.4 is 5.32 Å². The highest BCUT2D eigenvalue weighted by atomic mass is 16.3. The molecule has 0 saturated heterocycles. The second-order valence-electron chi connectivity index (χ2n) is 4.66. The Bertz CT molecular complexity index is 121. The molecule has 0 aliphatic heterocycles. The Morgan fingerprint density at radius 1 is 1.23 bits per heavy atom. The highest BCUT2D eigenvalue weighted by molar-refractivity contribution is 4.68. The molecule has 0 radical (unpaired) electrons. The Morgan fingerprint density at radius 2 is 1.85 bits per heavy atom. The molecular weight excluding hydrogens is 166 g/mol. The van der Waals surface area contributed by atoms with Crippen LogP contribution in [0.2, 0.25) is 0 Å². The molecule has 0 bridgehead atoms. The minimum Gasteiger partial charge on any atom is -0.396 e. The summed E-state index contributed by atoms with van der Waals surface area (Å²) in [7, 11) is 0. The van der Waals surface area contributed by atoms with Gasteiger partial charge in [0.05, 0.1) is 6.61 Å². The van der Waals surface area contributed by atoms with Crippen LogP contribution in [0.5, 0.6) is 0 Å². The molecule has 1 atom stereocenters. The number of rotatable bonds is 6. The van der Waals surface area contributed by atoms with Gasteiger partial charge in [0.25, 0.3) is 0 Å². The minimum absolute atomic E-state index is 0.0485. The lowest BCUT2D eigenvalue weighted by Gasteiger charge is -2.21. The van der Waals surface area contributed by atoms with E-state index in [2.05, 4.69) is 26.1 Å². The third kappa shape index (κ3) is 8.22. The average molecular weight is 189 g/mol. The maximum absolute atomic E-state index is 8.91. The van der Waals surface area contributed by atoms with E-state index in [1.54, 1.807) is 0 Å². The summed E-state index contributed by atoms with van der Waals surface area (Å²) >= 11 is 0. The van der Waals surface area contributed by atoms with Crippen LogP contribution in [0.15, 0.2) is 0 Å². The molecule has 0 aliphatic carbocycles. The molecule has 13 heavy (non-hydrogen) atoms. The standard InChI is InChI=1S/C10H23NO2/c1-10(2,3)5-6-11-9(8-13)4-7-12/h9,11-13H,4-8H2,1-3H3. The Morgan fingerprint density at radius 3 is 2.23 bits per heavy atom. The Hall–Kier alpha value is -0.120. The van der Waals surface area contributed by atoms with Crippen molar-refractivity contribution in [1.82, 2.24) is 5.32 Å². The van der Waals surface area contributed by atoms with Crippen molar-refractivity contribution in [2.24, 2.45) is 5.41 Å². The minimum atomic E-state index is 0.0485. The fourth-order valence-corrected chi connectivity index (χ4v) is 1.07. The highest BCUT2D eigenvalue weighted by Crippen LogP contribution is 2.17. The van der Waals surface area contributed by atoms with Crippen molar-refractivity contribution in [3.8, 4) is 0 Å². The van der Waals surface area contributed by atoms with Crippen LogP contribution in [0, 0.1) is 5.41 Å². The lowest BCUT2D eigenvalue weighted by Crippen LogP contribution is -2.35. The topological polar surface area (TPSA) is 52.5 Å². The van der Waals surface area contributed by atoms with Gasteiger partial charge in [0.15, 0.2) is 0 Å². The van der Waals surface area contributed by atoms with Gasteiger partial charge >= 0.3 is 0 Å². The first-order valence-corrected chi connectivity index (χ1v) is 4.94. The van der Waals surface area contributed by atoms with Crippen LogP contribution in [-0.4, -0.2) is 36.0 Å². The molecule has 0 spiro atoms. The summed E-state index contributed by atoms with van der Waals surface area (Å²) in [5.41, 5.74) is 0.326. The third-order valence-electron chi connectivity index (χ3n) is 2.01. The van der Waals surface area contributed by atoms with Crippen LogP contribution in [0.4, 0.5) is 0 Å². The predicted octanol–water partition coefficient (Wildman–Crippen LogP) is 0.755. The maximum atomic E-state index is 8.91. The zero-order chi connectivity index (χ0) is 10.3. The smallest absolute Gasteiger partial charge is 0.0585 e. The van der Waals surface area contributed by atoms with E-state index in [4.69, 9.17) is 10.2 Å². The molecule has 80 valence electrons. The molecule has 0 aliphatic rings. The van der Waals surface area contributed by atoms with E-state index < -0.39 is 0 Å². The number of nitrogens with one attached hydrogen (secondary N) is 1. The molecule has 0 heterocycles. The first kappa shape index (κ1) is 12.9.